The summed E-state index contributed by atoms with van der Waals surface area (Å²) in [5.41, 5.74) is 1.23. The van der Waals surface area contributed by atoms with Crippen molar-refractivity contribution in [2.24, 2.45) is 0 Å². The number of nitrogens with one attached hydrogen (secondary N) is 1. The molecule has 6 nitrogen and oxygen atoms in total. The van der Waals surface area contributed by atoms with Gasteiger partial charge in [0.1, 0.15) is 5.75 Å². The van der Waals surface area contributed by atoms with E-state index < -0.39 is 23.7 Å². The van der Waals surface area contributed by atoms with Crippen molar-refractivity contribution in [1.82, 2.24) is 5.32 Å². The van der Waals surface area contributed by atoms with Gasteiger partial charge in [-0.05, 0) is 36.3 Å². The van der Waals surface area contributed by atoms with Gasteiger partial charge in [-0.25, -0.2) is 0 Å². The summed E-state index contributed by atoms with van der Waals surface area (Å²) in [4.78, 5) is 36.7. The number of amides is 2. The molecule has 1 unspecified atom stereocenters. The molecule has 0 bridgehead atoms. The van der Waals surface area contributed by atoms with Gasteiger partial charge in [-0.15, -0.1) is 0 Å². The van der Waals surface area contributed by atoms with E-state index in [4.69, 9.17) is 9.47 Å². The number of rotatable bonds is 7. The Morgan fingerprint density at radius 2 is 1.70 bits per heavy atom. The van der Waals surface area contributed by atoms with Crippen LogP contribution < -0.4 is 10.1 Å². The maximum Gasteiger partial charge on any atom is 0.323 e. The lowest BCUT2D eigenvalue weighted by atomic mass is 9.98. The first-order valence-electron chi connectivity index (χ1n) is 8.43. The Morgan fingerprint density at radius 1 is 1.04 bits per heavy atom. The fourth-order valence-corrected chi connectivity index (χ4v) is 2.39. The third kappa shape index (κ3) is 5.81. The molecule has 0 radical (unpaired) electrons. The van der Waals surface area contributed by atoms with E-state index in [2.05, 4.69) is 5.32 Å². The summed E-state index contributed by atoms with van der Waals surface area (Å²) in [6, 6.07) is 15.5. The van der Waals surface area contributed by atoms with Gasteiger partial charge in [-0.2, -0.15) is 0 Å². The standard InChI is InChI=1S/C21H21NO5/c1-3-27-21(25)19(16-7-5-4-6-8-16)20(24)22-18(23)14-11-15-9-12-17(26-2)13-10-15/h4-14,19H,3H2,1-2H3,(H,22,23,24). The van der Waals surface area contributed by atoms with Crippen molar-refractivity contribution in [2.45, 2.75) is 12.8 Å². The summed E-state index contributed by atoms with van der Waals surface area (Å²) < 4.78 is 10.0. The number of hydrogen-bond acceptors (Lipinski definition) is 5. The molecule has 2 amide bonds. The first-order chi connectivity index (χ1) is 13.0. The first-order valence-corrected chi connectivity index (χ1v) is 8.43. The van der Waals surface area contributed by atoms with Crippen LogP contribution in [0.5, 0.6) is 5.75 Å². The smallest absolute Gasteiger partial charge is 0.323 e. The van der Waals surface area contributed by atoms with E-state index in [1.54, 1.807) is 74.7 Å². The molecular weight excluding hydrogens is 346 g/mol. The lowest BCUT2D eigenvalue weighted by Gasteiger charge is -2.14. The zero-order chi connectivity index (χ0) is 19.6. The second-order valence-corrected chi connectivity index (χ2v) is 5.56. The highest BCUT2D eigenvalue weighted by molar-refractivity contribution is 6.11. The number of hydrogen-bond donors (Lipinski definition) is 1. The van der Waals surface area contributed by atoms with Crippen LogP contribution in [0.25, 0.3) is 6.08 Å². The van der Waals surface area contributed by atoms with E-state index in [0.717, 1.165) is 5.56 Å². The van der Waals surface area contributed by atoms with E-state index in [1.165, 1.54) is 6.08 Å². The molecule has 0 aliphatic rings. The molecule has 1 N–H and O–H groups in total. The fourth-order valence-electron chi connectivity index (χ4n) is 2.39. The molecule has 27 heavy (non-hydrogen) atoms. The molecular formula is C21H21NO5. The number of benzene rings is 2. The van der Waals surface area contributed by atoms with Crippen molar-refractivity contribution in [3.63, 3.8) is 0 Å². The molecule has 0 spiro atoms. The number of carbonyl (C=O) groups is 3. The van der Waals surface area contributed by atoms with Crippen LogP contribution in [0.4, 0.5) is 0 Å². The number of ether oxygens (including phenoxy) is 2. The van der Waals surface area contributed by atoms with Crippen LogP contribution in [0, 0.1) is 0 Å². The minimum Gasteiger partial charge on any atom is -0.497 e. The lowest BCUT2D eigenvalue weighted by Crippen LogP contribution is -2.37. The van der Waals surface area contributed by atoms with E-state index in [1.807, 2.05) is 0 Å². The van der Waals surface area contributed by atoms with Gasteiger partial charge in [0.25, 0.3) is 5.91 Å². The molecule has 0 fully saturated rings. The Balaban J connectivity index is 2.07. The van der Waals surface area contributed by atoms with E-state index in [-0.39, 0.29) is 6.61 Å². The summed E-state index contributed by atoms with van der Waals surface area (Å²) in [5.74, 6) is -2.56. The molecule has 2 aromatic rings. The van der Waals surface area contributed by atoms with Gasteiger partial charge in [0.2, 0.25) is 5.91 Å². The van der Waals surface area contributed by atoms with Gasteiger partial charge in [-0.3, -0.25) is 19.7 Å². The molecule has 0 heterocycles. The maximum absolute atomic E-state index is 12.5. The van der Waals surface area contributed by atoms with Crippen LogP contribution in [-0.2, 0) is 19.1 Å². The first kappa shape index (κ1) is 19.9. The number of imide groups is 1. The van der Waals surface area contributed by atoms with Crippen LogP contribution in [0.2, 0.25) is 0 Å². The SMILES string of the molecule is CCOC(=O)C(C(=O)NC(=O)C=Cc1ccc(OC)cc1)c1ccccc1. The van der Waals surface area contributed by atoms with Gasteiger partial charge in [0.05, 0.1) is 13.7 Å². The average molecular weight is 367 g/mol. The molecule has 140 valence electrons. The van der Waals surface area contributed by atoms with Gasteiger partial charge in [-0.1, -0.05) is 42.5 Å². The summed E-state index contributed by atoms with van der Waals surface area (Å²) in [6.45, 7) is 1.79. The molecule has 0 saturated heterocycles. The van der Waals surface area contributed by atoms with Crippen LogP contribution in [0.15, 0.2) is 60.7 Å². The van der Waals surface area contributed by atoms with Crippen LogP contribution in [0.3, 0.4) is 0 Å². The van der Waals surface area contributed by atoms with Crippen molar-refractivity contribution >= 4 is 23.9 Å². The number of esters is 1. The molecule has 1 atom stereocenters. The highest BCUT2D eigenvalue weighted by Gasteiger charge is 2.30. The molecule has 6 heteroatoms. The Kier molecular flexibility index (Phi) is 7.31. The molecule has 0 aliphatic heterocycles. The van der Waals surface area contributed by atoms with Crippen molar-refractivity contribution in [1.29, 1.82) is 0 Å². The largest absolute Gasteiger partial charge is 0.497 e. The molecule has 0 aromatic heterocycles. The van der Waals surface area contributed by atoms with Crippen molar-refractivity contribution < 1.29 is 23.9 Å². The monoisotopic (exact) mass is 367 g/mol. The van der Waals surface area contributed by atoms with Crippen LogP contribution in [0.1, 0.15) is 24.0 Å². The van der Waals surface area contributed by atoms with Crippen molar-refractivity contribution in [3.05, 3.63) is 71.8 Å². The quantitative estimate of drug-likeness (QED) is 0.462. The van der Waals surface area contributed by atoms with E-state index in [0.29, 0.717) is 11.3 Å². The zero-order valence-corrected chi connectivity index (χ0v) is 15.2. The van der Waals surface area contributed by atoms with Crippen molar-refractivity contribution in [2.75, 3.05) is 13.7 Å². The Labute approximate surface area is 157 Å². The molecule has 2 aromatic carbocycles. The Bertz CT molecular complexity index is 812. The molecule has 0 aliphatic carbocycles. The van der Waals surface area contributed by atoms with Gasteiger partial charge in [0.15, 0.2) is 5.92 Å². The summed E-state index contributed by atoms with van der Waals surface area (Å²) in [6.07, 6.45) is 2.79. The minimum absolute atomic E-state index is 0.140. The lowest BCUT2D eigenvalue weighted by molar-refractivity contribution is -0.148. The van der Waals surface area contributed by atoms with E-state index >= 15 is 0 Å². The van der Waals surface area contributed by atoms with Crippen LogP contribution in [-0.4, -0.2) is 31.5 Å². The number of methoxy groups -OCH3 is 1. The van der Waals surface area contributed by atoms with Gasteiger partial charge in [0, 0.05) is 6.08 Å². The number of carbonyl (C=O) groups excluding carboxylic acids is 3. The third-order valence-electron chi connectivity index (χ3n) is 3.71. The summed E-state index contributed by atoms with van der Waals surface area (Å²) >= 11 is 0. The van der Waals surface area contributed by atoms with Crippen LogP contribution >= 0.6 is 0 Å². The van der Waals surface area contributed by atoms with Gasteiger partial charge >= 0.3 is 5.97 Å². The Morgan fingerprint density at radius 3 is 2.30 bits per heavy atom. The second kappa shape index (κ2) is 9.91. The highest BCUT2D eigenvalue weighted by Crippen LogP contribution is 2.18. The predicted octanol–water partition coefficient (Wildman–Crippen LogP) is 2.70. The van der Waals surface area contributed by atoms with Crippen molar-refractivity contribution in [3.8, 4) is 5.75 Å². The Hall–Kier alpha value is -3.41. The van der Waals surface area contributed by atoms with Gasteiger partial charge < -0.3 is 9.47 Å². The second-order valence-electron chi connectivity index (χ2n) is 5.56. The molecule has 2 rings (SSSR count). The highest BCUT2D eigenvalue weighted by atomic mass is 16.5. The van der Waals surface area contributed by atoms with E-state index in [9.17, 15) is 14.4 Å². The minimum atomic E-state index is -1.20. The molecule has 0 saturated carbocycles. The maximum atomic E-state index is 12.5. The predicted molar refractivity (Wildman–Crippen MR) is 101 cm³/mol. The topological polar surface area (TPSA) is 81.7 Å². The normalized spacial score (nSPS) is 11.6. The third-order valence-corrected chi connectivity index (χ3v) is 3.71. The summed E-state index contributed by atoms with van der Waals surface area (Å²) in [5, 5.41) is 2.22. The fraction of sp³-hybridized carbons (Fsp3) is 0.190. The zero-order valence-electron chi connectivity index (χ0n) is 15.2. The average Bonchev–Trinajstić information content (AvgIpc) is 2.68. The summed E-state index contributed by atoms with van der Waals surface area (Å²) in [7, 11) is 1.57.